The van der Waals surface area contributed by atoms with Crippen molar-refractivity contribution in [3.05, 3.63) is 161 Å². The highest BCUT2D eigenvalue weighted by Gasteiger charge is 2.45. The van der Waals surface area contributed by atoms with Crippen molar-refractivity contribution >= 4 is 44.2 Å². The quantitative estimate of drug-likeness (QED) is 0.165. The highest BCUT2D eigenvalue weighted by Crippen LogP contribution is 2.51. The summed E-state index contributed by atoms with van der Waals surface area (Å²) in [7, 11) is 0. The Balaban J connectivity index is 1.24. The number of hydrogen-bond acceptors (Lipinski definition) is 1. The molecule has 2 aliphatic heterocycles. The lowest BCUT2D eigenvalue weighted by atomic mass is 9.78. The van der Waals surface area contributed by atoms with E-state index in [0.29, 0.717) is 0 Å². The van der Waals surface area contributed by atoms with Gasteiger partial charge < -0.3 is 4.90 Å². The number of likely N-dealkylation sites (N-methyl/N-ethyl adjacent to an activating group) is 1. The molecular formula is C48H49N2+. The predicted molar refractivity (Wildman–Crippen MR) is 215 cm³/mol. The van der Waals surface area contributed by atoms with Gasteiger partial charge in [-0.05, 0) is 115 Å². The molecule has 0 atom stereocenters. The van der Waals surface area contributed by atoms with Gasteiger partial charge in [-0.2, -0.15) is 4.58 Å². The van der Waals surface area contributed by atoms with E-state index in [2.05, 4.69) is 178 Å². The minimum Gasteiger partial charge on any atom is -0.344 e. The lowest BCUT2D eigenvalue weighted by Gasteiger charge is -2.27. The molecule has 0 radical (unpaired) electrons. The summed E-state index contributed by atoms with van der Waals surface area (Å²) in [5, 5.41) is 5.36. The monoisotopic (exact) mass is 653 g/mol. The van der Waals surface area contributed by atoms with Gasteiger partial charge in [-0.3, -0.25) is 0 Å². The molecule has 0 saturated carbocycles. The molecule has 0 amide bonds. The fourth-order valence-corrected chi connectivity index (χ4v) is 9.35. The van der Waals surface area contributed by atoms with Crippen LogP contribution >= 0.6 is 0 Å². The van der Waals surface area contributed by atoms with Gasteiger partial charge in [-0.15, -0.1) is 0 Å². The van der Waals surface area contributed by atoms with Gasteiger partial charge in [0.2, 0.25) is 5.69 Å². The van der Waals surface area contributed by atoms with E-state index in [1.165, 1.54) is 77.7 Å². The zero-order valence-electron chi connectivity index (χ0n) is 30.6. The first kappa shape index (κ1) is 32.3. The third-order valence-electron chi connectivity index (χ3n) is 11.6. The van der Waals surface area contributed by atoms with Crippen molar-refractivity contribution in [3.63, 3.8) is 0 Å². The van der Waals surface area contributed by atoms with Crippen LogP contribution in [0.3, 0.4) is 0 Å². The summed E-state index contributed by atoms with van der Waals surface area (Å²) in [6, 6.07) is 38.1. The normalized spacial score (nSPS) is 19.8. The number of allylic oxidation sites excluding steroid dienone is 8. The van der Waals surface area contributed by atoms with Gasteiger partial charge in [0.25, 0.3) is 0 Å². The molecule has 3 aliphatic rings. The molecule has 0 fully saturated rings. The fraction of sp³-hybridized carbons (Fsp3) is 0.271. The van der Waals surface area contributed by atoms with Crippen molar-refractivity contribution in [2.24, 2.45) is 0 Å². The van der Waals surface area contributed by atoms with Crippen LogP contribution in [0.4, 0.5) is 11.4 Å². The highest BCUT2D eigenvalue weighted by molar-refractivity contribution is 6.08. The number of rotatable bonds is 6. The summed E-state index contributed by atoms with van der Waals surface area (Å²) in [6.45, 7) is 16.1. The molecule has 0 bridgehead atoms. The zero-order chi connectivity index (χ0) is 34.6. The second-order valence-electron chi connectivity index (χ2n) is 15.2. The summed E-state index contributed by atoms with van der Waals surface area (Å²) in [4.78, 5) is 2.54. The van der Waals surface area contributed by atoms with Crippen molar-refractivity contribution in [2.75, 3.05) is 18.0 Å². The lowest BCUT2D eigenvalue weighted by molar-refractivity contribution is -0.433. The van der Waals surface area contributed by atoms with Gasteiger partial charge in [0, 0.05) is 41.1 Å². The summed E-state index contributed by atoms with van der Waals surface area (Å²) in [6.07, 6.45) is 13.1. The molecule has 0 unspecified atom stereocenters. The van der Waals surface area contributed by atoms with Crippen molar-refractivity contribution in [3.8, 4) is 0 Å². The molecule has 50 heavy (non-hydrogen) atoms. The molecule has 0 spiro atoms. The molecule has 250 valence electrons. The molecule has 2 heterocycles. The van der Waals surface area contributed by atoms with Crippen LogP contribution in [0.25, 0.3) is 27.1 Å². The van der Waals surface area contributed by atoms with E-state index in [-0.39, 0.29) is 10.8 Å². The van der Waals surface area contributed by atoms with Gasteiger partial charge in [0.05, 0.1) is 5.41 Å². The fourth-order valence-electron chi connectivity index (χ4n) is 9.35. The zero-order valence-corrected chi connectivity index (χ0v) is 30.6. The van der Waals surface area contributed by atoms with Gasteiger partial charge in [-0.1, -0.05) is 111 Å². The molecule has 0 aromatic heterocycles. The Bertz CT molecular complexity index is 2310. The summed E-state index contributed by atoms with van der Waals surface area (Å²) in [5.74, 6) is 0. The van der Waals surface area contributed by atoms with Gasteiger partial charge in [0.1, 0.15) is 6.54 Å². The summed E-state index contributed by atoms with van der Waals surface area (Å²) >= 11 is 0. The Morgan fingerprint density at radius 2 is 1.32 bits per heavy atom. The number of fused-ring (bicyclic) bond motifs is 6. The Labute approximate surface area is 298 Å². The van der Waals surface area contributed by atoms with Gasteiger partial charge >= 0.3 is 0 Å². The van der Waals surface area contributed by atoms with E-state index in [4.69, 9.17) is 0 Å². The Kier molecular flexibility index (Phi) is 8.02. The molecule has 8 rings (SSSR count). The molecule has 1 aliphatic carbocycles. The highest BCUT2D eigenvalue weighted by atomic mass is 15.2. The standard InChI is InChI=1S/C48H49N2/c1-7-49-40-29-25-33-17-12-14-23-38(33)45(40)47(3,4)42(49)31-27-36-21-16-22-37(44(36)35-19-10-9-11-20-35)28-32-43-48(5,6)46-39-24-15-13-18-34(39)26-30-41(46)50(43)8-2/h9-15,17-20,23-32H,7-8,16,21-22H2,1-6H3/q+1. The maximum atomic E-state index is 2.54. The van der Waals surface area contributed by atoms with Crippen LogP contribution in [-0.2, 0) is 10.8 Å². The van der Waals surface area contributed by atoms with Crippen LogP contribution in [0, 0.1) is 0 Å². The number of nitrogens with zero attached hydrogens (tertiary/aromatic N) is 2. The Hall–Kier alpha value is -4.95. The molecule has 5 aromatic rings. The second-order valence-corrected chi connectivity index (χ2v) is 15.2. The van der Waals surface area contributed by atoms with E-state index in [1.54, 1.807) is 0 Å². The molecule has 0 saturated heterocycles. The summed E-state index contributed by atoms with van der Waals surface area (Å²) < 4.78 is 2.54. The first-order valence-electron chi connectivity index (χ1n) is 18.6. The largest absolute Gasteiger partial charge is 0.344 e. The molecule has 2 nitrogen and oxygen atoms in total. The molecule has 0 N–H and O–H groups in total. The van der Waals surface area contributed by atoms with Crippen LogP contribution in [0.15, 0.2) is 144 Å². The van der Waals surface area contributed by atoms with Crippen molar-refractivity contribution in [1.29, 1.82) is 0 Å². The minimum atomic E-state index is -0.106. The SMILES string of the molecule is CCN1/C(=C/C=C2\CCCC(/C=C/C3=[N+](CC)c4ccc5ccccc5c4C3(C)C)=C2c2ccccc2)C(C)(C)c2c1ccc1ccccc21. The summed E-state index contributed by atoms with van der Waals surface area (Å²) in [5.41, 5.74) is 13.7. The first-order chi connectivity index (χ1) is 24.3. The third kappa shape index (κ3) is 5.03. The van der Waals surface area contributed by atoms with Crippen molar-refractivity contribution in [1.82, 2.24) is 0 Å². The van der Waals surface area contributed by atoms with E-state index < -0.39 is 0 Å². The van der Waals surface area contributed by atoms with E-state index in [1.807, 2.05) is 0 Å². The molecule has 2 heteroatoms. The van der Waals surface area contributed by atoms with Gasteiger partial charge in [-0.25, -0.2) is 0 Å². The molecular weight excluding hydrogens is 605 g/mol. The topological polar surface area (TPSA) is 6.25 Å². The van der Waals surface area contributed by atoms with Gasteiger partial charge in [0.15, 0.2) is 5.71 Å². The van der Waals surface area contributed by atoms with E-state index in [9.17, 15) is 0 Å². The van der Waals surface area contributed by atoms with Crippen LogP contribution in [-0.4, -0.2) is 23.4 Å². The van der Waals surface area contributed by atoms with E-state index in [0.717, 1.165) is 32.4 Å². The minimum absolute atomic E-state index is 0.106. The number of hydrogen-bond donors (Lipinski definition) is 0. The smallest absolute Gasteiger partial charge is 0.210 e. The van der Waals surface area contributed by atoms with Crippen LogP contribution in [0.1, 0.15) is 77.5 Å². The Morgan fingerprint density at radius 3 is 2.02 bits per heavy atom. The maximum Gasteiger partial charge on any atom is 0.210 e. The number of anilines is 1. The maximum absolute atomic E-state index is 2.54. The van der Waals surface area contributed by atoms with Crippen molar-refractivity contribution < 1.29 is 4.58 Å². The first-order valence-corrected chi connectivity index (χ1v) is 18.6. The average Bonchev–Trinajstić information content (AvgIpc) is 3.51. The molecule has 5 aromatic carbocycles. The number of benzene rings is 5. The average molecular weight is 654 g/mol. The lowest BCUT2D eigenvalue weighted by Crippen LogP contribution is -2.27. The van der Waals surface area contributed by atoms with Crippen LogP contribution in [0.2, 0.25) is 0 Å². The van der Waals surface area contributed by atoms with Crippen molar-refractivity contribution in [2.45, 2.75) is 71.6 Å². The third-order valence-corrected chi connectivity index (χ3v) is 11.6. The van der Waals surface area contributed by atoms with Crippen LogP contribution in [0.5, 0.6) is 0 Å². The Morgan fingerprint density at radius 1 is 0.660 bits per heavy atom. The predicted octanol–water partition coefficient (Wildman–Crippen LogP) is 12.2. The van der Waals surface area contributed by atoms with E-state index >= 15 is 0 Å². The van der Waals surface area contributed by atoms with Crippen LogP contribution < -0.4 is 4.90 Å². The second kappa shape index (κ2) is 12.4.